The number of H-pyrrole nitrogens is 1. The molecule has 1 heterocycles. The fourth-order valence-electron chi connectivity index (χ4n) is 3.99. The average Bonchev–Trinajstić information content (AvgIpc) is 2.76. The van der Waals surface area contributed by atoms with Crippen LogP contribution in [0, 0.1) is 5.41 Å². The molecule has 1 aromatic heterocycles. The van der Waals surface area contributed by atoms with E-state index in [9.17, 15) is 14.4 Å². The van der Waals surface area contributed by atoms with Gasteiger partial charge in [0.25, 0.3) is 11.5 Å². The van der Waals surface area contributed by atoms with Gasteiger partial charge in [-0.3, -0.25) is 14.4 Å². The lowest BCUT2D eigenvalue weighted by Gasteiger charge is -2.29. The highest BCUT2D eigenvalue weighted by Crippen LogP contribution is 2.33. The first kappa shape index (κ1) is 21.6. The quantitative estimate of drug-likeness (QED) is 0.618. The lowest BCUT2D eigenvalue weighted by molar-refractivity contribution is 0.0910. The highest BCUT2D eigenvalue weighted by molar-refractivity contribution is 6.02. The molecule has 0 fully saturated rings. The normalized spacial score (nSPS) is 14.5. The van der Waals surface area contributed by atoms with Crippen molar-refractivity contribution in [3.63, 3.8) is 0 Å². The molecule has 32 heavy (non-hydrogen) atoms. The smallest absolute Gasteiger partial charge is 0.261 e. The number of pyridine rings is 1. The first-order chi connectivity index (χ1) is 15.3. The molecular formula is C26H26N2O4. The maximum atomic E-state index is 12.7. The van der Waals surface area contributed by atoms with Crippen LogP contribution in [-0.2, 0) is 19.6 Å². The predicted octanol–water partition coefficient (Wildman–Crippen LogP) is 4.04. The van der Waals surface area contributed by atoms with Gasteiger partial charge in [0.15, 0.2) is 5.78 Å². The number of aromatic nitrogens is 1. The number of fused-ring (bicyclic) bond motifs is 1. The largest absolute Gasteiger partial charge is 0.489 e. The number of Topliss-reactive ketones (excluding diaryl/α,β-unsaturated/α-hetero) is 1. The lowest BCUT2D eigenvalue weighted by Crippen LogP contribution is -2.34. The van der Waals surface area contributed by atoms with Crippen LogP contribution in [0.4, 0.5) is 0 Å². The molecular weight excluding hydrogens is 404 g/mol. The Hall–Kier alpha value is -3.67. The van der Waals surface area contributed by atoms with Crippen molar-refractivity contribution in [1.82, 2.24) is 10.3 Å². The van der Waals surface area contributed by atoms with Crippen LogP contribution in [0.3, 0.4) is 0 Å². The summed E-state index contributed by atoms with van der Waals surface area (Å²) in [6, 6.07) is 18.7. The summed E-state index contributed by atoms with van der Waals surface area (Å²) in [4.78, 5) is 40.4. The van der Waals surface area contributed by atoms with E-state index in [1.807, 2.05) is 68.4 Å². The van der Waals surface area contributed by atoms with E-state index in [2.05, 4.69) is 10.3 Å². The van der Waals surface area contributed by atoms with Crippen LogP contribution in [-0.4, -0.2) is 16.7 Å². The maximum Gasteiger partial charge on any atom is 0.261 e. The Morgan fingerprint density at radius 1 is 1.00 bits per heavy atom. The van der Waals surface area contributed by atoms with Crippen molar-refractivity contribution in [2.45, 2.75) is 39.8 Å². The Kier molecular flexibility index (Phi) is 5.95. The molecule has 0 bridgehead atoms. The summed E-state index contributed by atoms with van der Waals surface area (Å²) in [5.41, 5.74) is 2.19. The number of carbonyl (C=O) groups is 2. The Bertz CT molecular complexity index is 1210. The van der Waals surface area contributed by atoms with Crippen LogP contribution in [0.5, 0.6) is 5.75 Å². The summed E-state index contributed by atoms with van der Waals surface area (Å²) in [5.74, 6) is 0.237. The zero-order valence-corrected chi connectivity index (χ0v) is 18.2. The third-order valence-corrected chi connectivity index (χ3v) is 5.56. The SMILES string of the molecule is CC1(C)CC(=O)c2cc(C(=O)NCc3cccc(COc4ccccc4)c3)c(=O)[nH]c2C1. The first-order valence-corrected chi connectivity index (χ1v) is 10.6. The molecule has 1 aliphatic rings. The van der Waals surface area contributed by atoms with Gasteiger partial charge in [-0.05, 0) is 41.2 Å². The number of rotatable bonds is 6. The summed E-state index contributed by atoms with van der Waals surface area (Å²) in [7, 11) is 0. The van der Waals surface area contributed by atoms with Gasteiger partial charge in [0.1, 0.15) is 17.9 Å². The molecule has 3 aromatic rings. The van der Waals surface area contributed by atoms with Gasteiger partial charge >= 0.3 is 0 Å². The molecule has 1 amide bonds. The number of nitrogens with one attached hydrogen (secondary N) is 2. The van der Waals surface area contributed by atoms with E-state index in [0.717, 1.165) is 16.9 Å². The van der Waals surface area contributed by atoms with Crippen LogP contribution in [0.25, 0.3) is 0 Å². The third kappa shape index (κ3) is 4.97. The molecule has 0 atom stereocenters. The fourth-order valence-corrected chi connectivity index (χ4v) is 3.99. The summed E-state index contributed by atoms with van der Waals surface area (Å²) in [6.45, 7) is 4.65. The highest BCUT2D eigenvalue weighted by atomic mass is 16.5. The van der Waals surface area contributed by atoms with E-state index < -0.39 is 11.5 Å². The van der Waals surface area contributed by atoms with Gasteiger partial charge in [0.2, 0.25) is 0 Å². The summed E-state index contributed by atoms with van der Waals surface area (Å²) in [6.07, 6.45) is 0.994. The van der Waals surface area contributed by atoms with Crippen molar-refractivity contribution in [3.05, 3.63) is 99.0 Å². The van der Waals surface area contributed by atoms with Gasteiger partial charge in [-0.25, -0.2) is 0 Å². The molecule has 6 nitrogen and oxygen atoms in total. The Morgan fingerprint density at radius 2 is 1.75 bits per heavy atom. The second-order valence-corrected chi connectivity index (χ2v) is 8.95. The maximum absolute atomic E-state index is 12.7. The standard InChI is InChI=1S/C26H26N2O4/c1-26(2)13-22-20(23(29)14-26)12-21(25(31)28-22)24(30)27-15-17-7-6-8-18(11-17)16-32-19-9-4-3-5-10-19/h3-12H,13-16H2,1-2H3,(H,27,30)(H,28,31). The Balaban J connectivity index is 1.43. The molecule has 0 spiro atoms. The molecule has 0 saturated heterocycles. The van der Waals surface area contributed by atoms with Crippen LogP contribution in [0.1, 0.15) is 57.8 Å². The van der Waals surface area contributed by atoms with E-state index >= 15 is 0 Å². The first-order valence-electron chi connectivity index (χ1n) is 10.6. The molecule has 0 saturated carbocycles. The number of para-hydroxylation sites is 1. The van der Waals surface area contributed by atoms with E-state index in [1.165, 1.54) is 6.07 Å². The van der Waals surface area contributed by atoms with Crippen molar-refractivity contribution in [3.8, 4) is 5.75 Å². The summed E-state index contributed by atoms with van der Waals surface area (Å²) in [5, 5.41) is 2.78. The predicted molar refractivity (Wildman–Crippen MR) is 122 cm³/mol. The van der Waals surface area contributed by atoms with E-state index in [1.54, 1.807) is 0 Å². The fraction of sp³-hybridized carbons (Fsp3) is 0.269. The number of ether oxygens (including phenoxy) is 1. The molecule has 6 heteroatoms. The Labute approximate surface area is 186 Å². The van der Waals surface area contributed by atoms with Gasteiger partial charge in [0, 0.05) is 24.2 Å². The topological polar surface area (TPSA) is 88.3 Å². The van der Waals surface area contributed by atoms with Crippen LogP contribution in [0.2, 0.25) is 0 Å². The zero-order chi connectivity index (χ0) is 22.7. The highest BCUT2D eigenvalue weighted by Gasteiger charge is 2.32. The number of hydrogen-bond donors (Lipinski definition) is 2. The van der Waals surface area contributed by atoms with Gasteiger partial charge < -0.3 is 15.0 Å². The average molecular weight is 431 g/mol. The molecule has 4 rings (SSSR count). The molecule has 2 N–H and O–H groups in total. The van der Waals surface area contributed by atoms with Crippen molar-refractivity contribution in [1.29, 1.82) is 0 Å². The summed E-state index contributed by atoms with van der Waals surface area (Å²) >= 11 is 0. The molecule has 0 aliphatic heterocycles. The number of benzene rings is 2. The lowest BCUT2D eigenvalue weighted by atomic mass is 9.75. The number of aromatic amines is 1. The van der Waals surface area contributed by atoms with E-state index in [-0.39, 0.29) is 23.3 Å². The van der Waals surface area contributed by atoms with Crippen molar-refractivity contribution in [2.75, 3.05) is 0 Å². The zero-order valence-electron chi connectivity index (χ0n) is 18.2. The molecule has 2 aromatic carbocycles. The third-order valence-electron chi connectivity index (χ3n) is 5.56. The number of carbonyl (C=O) groups excluding carboxylic acids is 2. The minimum atomic E-state index is -0.502. The monoisotopic (exact) mass is 430 g/mol. The van der Waals surface area contributed by atoms with Crippen molar-refractivity contribution >= 4 is 11.7 Å². The second kappa shape index (κ2) is 8.83. The van der Waals surface area contributed by atoms with Gasteiger partial charge in [-0.1, -0.05) is 56.3 Å². The van der Waals surface area contributed by atoms with Crippen LogP contribution >= 0.6 is 0 Å². The number of hydrogen-bond acceptors (Lipinski definition) is 4. The van der Waals surface area contributed by atoms with Gasteiger partial charge in [0.05, 0.1) is 0 Å². The van der Waals surface area contributed by atoms with E-state index in [0.29, 0.717) is 30.7 Å². The van der Waals surface area contributed by atoms with Crippen molar-refractivity contribution in [2.24, 2.45) is 5.41 Å². The minimum absolute atomic E-state index is 0.0413. The van der Waals surface area contributed by atoms with Gasteiger partial charge in [-0.15, -0.1) is 0 Å². The van der Waals surface area contributed by atoms with Gasteiger partial charge in [-0.2, -0.15) is 0 Å². The van der Waals surface area contributed by atoms with E-state index in [4.69, 9.17) is 4.74 Å². The number of amides is 1. The summed E-state index contributed by atoms with van der Waals surface area (Å²) < 4.78 is 5.77. The molecule has 0 radical (unpaired) electrons. The number of ketones is 1. The van der Waals surface area contributed by atoms with Crippen LogP contribution in [0.15, 0.2) is 65.5 Å². The van der Waals surface area contributed by atoms with Crippen LogP contribution < -0.4 is 15.6 Å². The Morgan fingerprint density at radius 3 is 2.53 bits per heavy atom. The minimum Gasteiger partial charge on any atom is -0.489 e. The molecule has 0 unspecified atom stereocenters. The second-order valence-electron chi connectivity index (χ2n) is 8.95. The molecule has 164 valence electrons. The van der Waals surface area contributed by atoms with Crippen molar-refractivity contribution < 1.29 is 14.3 Å². The molecule has 1 aliphatic carbocycles.